The van der Waals surface area contributed by atoms with Crippen molar-refractivity contribution in [3.63, 3.8) is 0 Å². The largest absolute Gasteiger partial charge is 0.456 e. The van der Waals surface area contributed by atoms with Gasteiger partial charge in [0.05, 0.1) is 11.1 Å². The van der Waals surface area contributed by atoms with Crippen LogP contribution in [0.1, 0.15) is 22.3 Å². The van der Waals surface area contributed by atoms with E-state index < -0.39 is 81.1 Å². The second-order valence-electron chi connectivity index (χ2n) is 9.13. The fourth-order valence-electron chi connectivity index (χ4n) is 3.99. The van der Waals surface area contributed by atoms with E-state index in [4.69, 9.17) is 20.9 Å². The highest BCUT2D eigenvalue weighted by Crippen LogP contribution is 2.47. The second kappa shape index (κ2) is 11.1. The van der Waals surface area contributed by atoms with Crippen LogP contribution in [0.15, 0.2) is 72.8 Å². The number of hydrogen-bond donors (Lipinski definition) is 2. The van der Waals surface area contributed by atoms with Gasteiger partial charge in [0, 0.05) is 11.4 Å². The average Bonchev–Trinajstić information content (AvgIpc) is 2.89. The number of ether oxygens (including phenoxy) is 2. The van der Waals surface area contributed by atoms with Gasteiger partial charge in [-0.1, -0.05) is 12.1 Å². The third-order valence-corrected chi connectivity index (χ3v) is 5.96. The first-order valence-electron chi connectivity index (χ1n) is 11.9. The lowest BCUT2D eigenvalue weighted by Crippen LogP contribution is -2.11. The summed E-state index contributed by atoms with van der Waals surface area (Å²) in [4.78, 5) is 0. The van der Waals surface area contributed by atoms with Gasteiger partial charge in [-0.2, -0.15) is 52.7 Å². The molecule has 0 aliphatic carbocycles. The Balaban J connectivity index is 1.79. The third-order valence-electron chi connectivity index (χ3n) is 5.96. The predicted octanol–water partition coefficient (Wildman–Crippen LogP) is 10.2. The Morgan fingerprint density at radius 3 is 0.886 bits per heavy atom. The maximum atomic E-state index is 14.0. The van der Waals surface area contributed by atoms with Crippen molar-refractivity contribution in [2.75, 3.05) is 11.5 Å². The van der Waals surface area contributed by atoms with Crippen LogP contribution in [0.5, 0.6) is 23.0 Å². The highest BCUT2D eigenvalue weighted by molar-refractivity contribution is 5.69. The number of benzene rings is 4. The van der Waals surface area contributed by atoms with Crippen LogP contribution in [-0.4, -0.2) is 0 Å². The lowest BCUT2D eigenvalue weighted by molar-refractivity contribution is -0.141. The van der Waals surface area contributed by atoms with E-state index in [0.717, 1.165) is 24.3 Å². The van der Waals surface area contributed by atoms with Crippen molar-refractivity contribution in [1.29, 1.82) is 0 Å². The lowest BCUT2D eigenvalue weighted by atomic mass is 9.99. The summed E-state index contributed by atoms with van der Waals surface area (Å²) in [7, 11) is 0. The van der Waals surface area contributed by atoms with E-state index in [0.29, 0.717) is 48.5 Å². The monoisotopic (exact) mass is 640 g/mol. The minimum Gasteiger partial charge on any atom is -0.456 e. The van der Waals surface area contributed by atoms with Gasteiger partial charge >= 0.3 is 24.7 Å². The van der Waals surface area contributed by atoms with Gasteiger partial charge in [0.25, 0.3) is 0 Å². The molecule has 4 aromatic rings. The van der Waals surface area contributed by atoms with Crippen molar-refractivity contribution in [2.45, 2.75) is 24.7 Å². The van der Waals surface area contributed by atoms with Crippen molar-refractivity contribution < 1.29 is 62.2 Å². The van der Waals surface area contributed by atoms with Gasteiger partial charge in [0.15, 0.2) is 0 Å². The maximum absolute atomic E-state index is 14.0. The molecule has 0 bridgehead atoms. The molecule has 0 saturated heterocycles. The number of nitrogens with two attached hydrogens (primary N) is 2. The highest BCUT2D eigenvalue weighted by Gasteiger charge is 2.40. The molecule has 0 fully saturated rings. The van der Waals surface area contributed by atoms with Crippen LogP contribution in [0.3, 0.4) is 0 Å². The Bertz CT molecular complexity index is 1570. The minimum absolute atomic E-state index is 0.345. The quantitative estimate of drug-likeness (QED) is 0.168. The lowest BCUT2D eigenvalue weighted by Gasteiger charge is -2.20. The molecule has 0 radical (unpaired) electrons. The average molecular weight is 640 g/mol. The van der Waals surface area contributed by atoms with Crippen molar-refractivity contribution in [3.05, 3.63) is 95.1 Å². The highest BCUT2D eigenvalue weighted by atomic mass is 19.4. The number of halogens is 12. The summed E-state index contributed by atoms with van der Waals surface area (Å²) in [6.07, 6.45) is -20.6. The van der Waals surface area contributed by atoms with Crippen LogP contribution in [0.4, 0.5) is 64.1 Å². The molecule has 0 heterocycles. The van der Waals surface area contributed by atoms with Gasteiger partial charge in [-0.05, 0) is 71.8 Å². The smallest absolute Gasteiger partial charge is 0.420 e. The van der Waals surface area contributed by atoms with Crippen molar-refractivity contribution in [1.82, 2.24) is 0 Å². The zero-order valence-corrected chi connectivity index (χ0v) is 21.4. The van der Waals surface area contributed by atoms with Crippen LogP contribution >= 0.6 is 0 Å². The fraction of sp³-hybridized carbons (Fsp3) is 0.143. The second-order valence-corrected chi connectivity index (χ2v) is 9.13. The normalized spacial score (nSPS) is 12.7. The summed E-state index contributed by atoms with van der Waals surface area (Å²) in [6.45, 7) is 0. The van der Waals surface area contributed by atoms with Crippen molar-refractivity contribution >= 4 is 11.4 Å². The molecule has 4 aromatic carbocycles. The Labute approximate surface area is 239 Å². The summed E-state index contributed by atoms with van der Waals surface area (Å²) in [5.74, 6) is -4.25. The zero-order valence-electron chi connectivity index (χ0n) is 21.4. The van der Waals surface area contributed by atoms with Gasteiger partial charge in [-0.3, -0.25) is 0 Å². The summed E-state index contributed by atoms with van der Waals surface area (Å²) < 4.78 is 174. The first-order chi connectivity index (χ1) is 20.1. The van der Waals surface area contributed by atoms with Crippen LogP contribution in [0.25, 0.3) is 11.1 Å². The molecule has 0 saturated carbocycles. The van der Waals surface area contributed by atoms with Gasteiger partial charge in [0.1, 0.15) is 34.1 Å². The van der Waals surface area contributed by atoms with Gasteiger partial charge in [-0.15, -0.1) is 0 Å². The van der Waals surface area contributed by atoms with Crippen LogP contribution in [0, 0.1) is 0 Å². The summed E-state index contributed by atoms with van der Waals surface area (Å²) in [5, 5.41) is 0. The van der Waals surface area contributed by atoms with E-state index in [1.165, 1.54) is 0 Å². The van der Waals surface area contributed by atoms with Gasteiger partial charge in [0.2, 0.25) is 0 Å². The molecule has 0 atom stereocenters. The van der Waals surface area contributed by atoms with Crippen molar-refractivity contribution in [2.24, 2.45) is 0 Å². The Hall–Kier alpha value is -4.76. The van der Waals surface area contributed by atoms with E-state index in [2.05, 4.69) is 0 Å². The molecule has 0 aliphatic rings. The van der Waals surface area contributed by atoms with Gasteiger partial charge < -0.3 is 20.9 Å². The Morgan fingerprint density at radius 1 is 0.364 bits per heavy atom. The minimum atomic E-state index is -5.25. The molecule has 16 heteroatoms. The molecule has 4 N–H and O–H groups in total. The van der Waals surface area contributed by atoms with E-state index in [1.54, 1.807) is 0 Å². The van der Waals surface area contributed by atoms with Crippen LogP contribution < -0.4 is 20.9 Å². The topological polar surface area (TPSA) is 70.5 Å². The molecular formula is C28H16F12N2O2. The van der Waals surface area contributed by atoms with E-state index in [9.17, 15) is 52.7 Å². The summed E-state index contributed by atoms with van der Waals surface area (Å²) in [5.41, 5.74) is 2.80. The van der Waals surface area contributed by atoms with E-state index in [-0.39, 0.29) is 11.4 Å². The van der Waals surface area contributed by atoms with Crippen molar-refractivity contribution in [3.8, 4) is 34.1 Å². The Morgan fingerprint density at radius 2 is 0.614 bits per heavy atom. The molecule has 0 aromatic heterocycles. The summed E-state index contributed by atoms with van der Waals surface area (Å²) >= 11 is 0. The Kier molecular flexibility index (Phi) is 8.09. The predicted molar refractivity (Wildman–Crippen MR) is 134 cm³/mol. The van der Waals surface area contributed by atoms with E-state index in [1.807, 2.05) is 0 Å². The van der Waals surface area contributed by atoms with Gasteiger partial charge in [-0.25, -0.2) is 0 Å². The fourth-order valence-corrected chi connectivity index (χ4v) is 3.99. The SMILES string of the molecule is Nc1ccc(Oc2ccc(-c3ccc(Oc4ccc(N)cc4C(F)(F)F)c(C(F)(F)F)c3)cc2C(F)(F)F)c(C(F)(F)F)c1. The molecule has 0 amide bonds. The van der Waals surface area contributed by atoms with Crippen LogP contribution in [-0.2, 0) is 24.7 Å². The number of rotatable bonds is 5. The molecule has 4 rings (SSSR count). The molecule has 0 unspecified atom stereocenters. The number of nitrogen functional groups attached to an aromatic ring is 2. The number of hydrogen-bond acceptors (Lipinski definition) is 4. The third kappa shape index (κ3) is 7.06. The zero-order chi connectivity index (χ0) is 32.8. The first kappa shape index (κ1) is 32.2. The molecule has 0 spiro atoms. The summed E-state index contributed by atoms with van der Waals surface area (Å²) in [6, 6.07) is 7.81. The number of anilines is 2. The molecule has 4 nitrogen and oxygen atoms in total. The molecule has 44 heavy (non-hydrogen) atoms. The standard InChI is InChI=1S/C28H16F12N2O2/c29-25(30,31)17-9-13(1-5-21(17)43-23-7-3-15(41)11-19(23)27(35,36)37)14-2-6-22(18(10-14)26(32,33)34)44-24-8-4-16(42)12-20(24)28(38,39)40/h1-12H,41-42H2. The van der Waals surface area contributed by atoms with Crippen LogP contribution in [0.2, 0.25) is 0 Å². The maximum Gasteiger partial charge on any atom is 0.420 e. The first-order valence-corrected chi connectivity index (χ1v) is 11.9. The van der Waals surface area contributed by atoms with E-state index >= 15 is 0 Å². The molecule has 234 valence electrons. The molecule has 0 aliphatic heterocycles. The number of alkyl halides is 12. The molecular weight excluding hydrogens is 624 g/mol.